The lowest BCUT2D eigenvalue weighted by atomic mass is 9.82. The van der Waals surface area contributed by atoms with E-state index in [1.54, 1.807) is 13.2 Å². The summed E-state index contributed by atoms with van der Waals surface area (Å²) in [6, 6.07) is 4.57. The largest absolute Gasteiger partial charge is 0.496 e. The Kier molecular flexibility index (Phi) is 4.00. The summed E-state index contributed by atoms with van der Waals surface area (Å²) >= 11 is 0. The first-order chi connectivity index (χ1) is 8.20. The predicted octanol–water partition coefficient (Wildman–Crippen LogP) is 2.93. The van der Waals surface area contributed by atoms with Gasteiger partial charge in [0.1, 0.15) is 11.6 Å². The van der Waals surface area contributed by atoms with Crippen LogP contribution in [0.4, 0.5) is 4.39 Å². The van der Waals surface area contributed by atoms with Crippen LogP contribution in [0.2, 0.25) is 0 Å². The van der Waals surface area contributed by atoms with Gasteiger partial charge in [0, 0.05) is 0 Å². The molecule has 0 heterocycles. The number of hydrogen-bond donors (Lipinski definition) is 1. The molecule has 2 rings (SSSR count). The van der Waals surface area contributed by atoms with Crippen molar-refractivity contribution in [2.24, 2.45) is 5.92 Å². The number of aliphatic hydroxyl groups excluding tert-OH is 1. The summed E-state index contributed by atoms with van der Waals surface area (Å²) in [4.78, 5) is 0. The number of ether oxygens (including phenoxy) is 1. The van der Waals surface area contributed by atoms with Crippen molar-refractivity contribution in [1.29, 1.82) is 0 Å². The lowest BCUT2D eigenvalue weighted by Gasteiger charge is -2.28. The molecule has 1 N–H and O–H groups in total. The molecule has 0 bridgehead atoms. The Hall–Kier alpha value is -1.09. The van der Waals surface area contributed by atoms with Gasteiger partial charge in [-0.05, 0) is 48.9 Å². The highest BCUT2D eigenvalue weighted by Crippen LogP contribution is 2.30. The van der Waals surface area contributed by atoms with E-state index in [9.17, 15) is 9.50 Å². The fourth-order valence-corrected chi connectivity index (χ4v) is 2.62. The van der Waals surface area contributed by atoms with Crippen LogP contribution in [-0.4, -0.2) is 18.3 Å². The van der Waals surface area contributed by atoms with Crippen molar-refractivity contribution in [3.8, 4) is 5.75 Å². The highest BCUT2D eigenvalue weighted by Gasteiger charge is 2.24. The van der Waals surface area contributed by atoms with E-state index >= 15 is 0 Å². The Morgan fingerprint density at radius 3 is 2.82 bits per heavy atom. The molecule has 0 radical (unpaired) electrons. The Balaban J connectivity index is 2.13. The standard InChI is InChI=1S/C14H19FO2/c1-17-14-7-6-12(15)9-11(14)8-10-4-2-3-5-13(10)16/h6-7,9-10,13,16H,2-5,8H2,1H3. The molecular formula is C14H19FO2. The SMILES string of the molecule is COc1ccc(F)cc1CC1CCCCC1O. The first-order valence-corrected chi connectivity index (χ1v) is 6.21. The summed E-state index contributed by atoms with van der Waals surface area (Å²) < 4.78 is 18.4. The second kappa shape index (κ2) is 5.50. The minimum atomic E-state index is -0.253. The number of aliphatic hydroxyl groups is 1. The molecule has 17 heavy (non-hydrogen) atoms. The van der Waals surface area contributed by atoms with Crippen molar-refractivity contribution in [2.75, 3.05) is 7.11 Å². The molecule has 2 unspecified atom stereocenters. The quantitative estimate of drug-likeness (QED) is 0.877. The maximum atomic E-state index is 13.2. The van der Waals surface area contributed by atoms with Crippen LogP contribution < -0.4 is 4.74 Å². The Bertz CT molecular complexity index is 378. The van der Waals surface area contributed by atoms with E-state index in [2.05, 4.69) is 0 Å². The van der Waals surface area contributed by atoms with Crippen LogP contribution in [0.15, 0.2) is 18.2 Å². The molecule has 2 atom stereocenters. The van der Waals surface area contributed by atoms with Crippen LogP contribution in [-0.2, 0) is 6.42 Å². The van der Waals surface area contributed by atoms with Gasteiger partial charge in [-0.1, -0.05) is 12.8 Å². The Morgan fingerprint density at radius 2 is 2.12 bits per heavy atom. The van der Waals surface area contributed by atoms with E-state index in [0.29, 0.717) is 12.2 Å². The van der Waals surface area contributed by atoms with Gasteiger partial charge in [-0.3, -0.25) is 0 Å². The molecular weight excluding hydrogens is 219 g/mol. The third-order valence-corrected chi connectivity index (χ3v) is 3.59. The predicted molar refractivity (Wildman–Crippen MR) is 64.6 cm³/mol. The van der Waals surface area contributed by atoms with Gasteiger partial charge in [0.2, 0.25) is 0 Å². The molecule has 0 amide bonds. The zero-order chi connectivity index (χ0) is 12.3. The smallest absolute Gasteiger partial charge is 0.123 e. The van der Waals surface area contributed by atoms with Gasteiger partial charge in [-0.25, -0.2) is 4.39 Å². The van der Waals surface area contributed by atoms with Crippen molar-refractivity contribution >= 4 is 0 Å². The lowest BCUT2D eigenvalue weighted by molar-refractivity contribution is 0.0697. The number of halogens is 1. The van der Waals surface area contributed by atoms with E-state index < -0.39 is 0 Å². The van der Waals surface area contributed by atoms with Gasteiger partial charge in [-0.15, -0.1) is 0 Å². The molecule has 1 saturated carbocycles. The number of rotatable bonds is 3. The average molecular weight is 238 g/mol. The number of methoxy groups -OCH3 is 1. The molecule has 0 aromatic heterocycles. The molecule has 94 valence electrons. The summed E-state index contributed by atoms with van der Waals surface area (Å²) in [6.07, 6.45) is 4.57. The van der Waals surface area contributed by atoms with E-state index in [4.69, 9.17) is 4.74 Å². The fourth-order valence-electron chi connectivity index (χ4n) is 2.62. The molecule has 1 aliphatic carbocycles. The maximum Gasteiger partial charge on any atom is 0.123 e. The molecule has 1 aromatic carbocycles. The zero-order valence-electron chi connectivity index (χ0n) is 10.2. The number of hydrogen-bond acceptors (Lipinski definition) is 2. The summed E-state index contributed by atoms with van der Waals surface area (Å²) in [5.41, 5.74) is 0.860. The van der Waals surface area contributed by atoms with E-state index in [-0.39, 0.29) is 17.8 Å². The second-order valence-corrected chi connectivity index (χ2v) is 4.77. The summed E-state index contributed by atoms with van der Waals surface area (Å²) in [5.74, 6) is 0.703. The molecule has 1 aromatic rings. The Morgan fingerprint density at radius 1 is 1.35 bits per heavy atom. The van der Waals surface area contributed by atoms with Crippen LogP contribution >= 0.6 is 0 Å². The van der Waals surface area contributed by atoms with Crippen LogP contribution in [0, 0.1) is 11.7 Å². The summed E-state index contributed by atoms with van der Waals surface area (Å²) in [7, 11) is 1.59. The highest BCUT2D eigenvalue weighted by molar-refractivity contribution is 5.34. The van der Waals surface area contributed by atoms with Crippen LogP contribution in [0.1, 0.15) is 31.2 Å². The molecule has 2 nitrogen and oxygen atoms in total. The third-order valence-electron chi connectivity index (χ3n) is 3.59. The van der Waals surface area contributed by atoms with Crippen molar-refractivity contribution in [1.82, 2.24) is 0 Å². The van der Waals surface area contributed by atoms with Gasteiger partial charge in [0.05, 0.1) is 13.2 Å². The molecule has 0 spiro atoms. The highest BCUT2D eigenvalue weighted by atomic mass is 19.1. The first-order valence-electron chi connectivity index (χ1n) is 6.21. The molecule has 0 aliphatic heterocycles. The summed E-state index contributed by atoms with van der Waals surface area (Å²) in [6.45, 7) is 0. The molecule has 1 fully saturated rings. The topological polar surface area (TPSA) is 29.5 Å². The van der Waals surface area contributed by atoms with Gasteiger partial charge < -0.3 is 9.84 Å². The van der Waals surface area contributed by atoms with Gasteiger partial charge in [0.25, 0.3) is 0 Å². The van der Waals surface area contributed by atoms with Gasteiger partial charge >= 0.3 is 0 Å². The average Bonchev–Trinajstić information content (AvgIpc) is 2.32. The van der Waals surface area contributed by atoms with Crippen molar-refractivity contribution in [2.45, 2.75) is 38.2 Å². The second-order valence-electron chi connectivity index (χ2n) is 4.77. The number of benzene rings is 1. The van der Waals surface area contributed by atoms with Crippen molar-refractivity contribution in [3.05, 3.63) is 29.6 Å². The molecule has 0 saturated heterocycles. The van der Waals surface area contributed by atoms with E-state index in [1.165, 1.54) is 12.1 Å². The summed E-state index contributed by atoms with van der Waals surface area (Å²) in [5, 5.41) is 9.93. The van der Waals surface area contributed by atoms with E-state index in [1.807, 2.05) is 0 Å². The maximum absolute atomic E-state index is 13.2. The van der Waals surface area contributed by atoms with Gasteiger partial charge in [-0.2, -0.15) is 0 Å². The zero-order valence-corrected chi connectivity index (χ0v) is 10.2. The molecule has 3 heteroatoms. The fraction of sp³-hybridized carbons (Fsp3) is 0.571. The lowest BCUT2D eigenvalue weighted by Crippen LogP contribution is -2.26. The first kappa shape index (κ1) is 12.4. The Labute approximate surface area is 101 Å². The monoisotopic (exact) mass is 238 g/mol. The normalized spacial score (nSPS) is 24.6. The van der Waals surface area contributed by atoms with Crippen LogP contribution in [0.3, 0.4) is 0 Å². The van der Waals surface area contributed by atoms with Crippen LogP contribution in [0.5, 0.6) is 5.75 Å². The van der Waals surface area contributed by atoms with Gasteiger partial charge in [0.15, 0.2) is 0 Å². The van der Waals surface area contributed by atoms with Crippen molar-refractivity contribution < 1.29 is 14.2 Å². The molecule has 1 aliphatic rings. The van der Waals surface area contributed by atoms with Crippen LogP contribution in [0.25, 0.3) is 0 Å². The third kappa shape index (κ3) is 2.97. The van der Waals surface area contributed by atoms with Crippen molar-refractivity contribution in [3.63, 3.8) is 0 Å². The minimum absolute atomic E-state index is 0.236. The van der Waals surface area contributed by atoms with E-state index in [0.717, 1.165) is 31.2 Å². The minimum Gasteiger partial charge on any atom is -0.496 e.